The lowest BCUT2D eigenvalue weighted by Gasteiger charge is -2.21. The van der Waals surface area contributed by atoms with Crippen molar-refractivity contribution >= 4 is 22.5 Å². The van der Waals surface area contributed by atoms with E-state index in [0.29, 0.717) is 12.5 Å². The summed E-state index contributed by atoms with van der Waals surface area (Å²) in [5, 5.41) is 1.79. The SMILES string of the molecule is COc1cc2c(Cl)c3c(nc2cc1OCC(C)CN1CCCC1)CCC3. The maximum atomic E-state index is 6.65. The molecule has 0 spiro atoms. The van der Waals surface area contributed by atoms with Crippen LogP contribution in [-0.4, -0.2) is 43.2 Å². The van der Waals surface area contributed by atoms with Crippen LogP contribution < -0.4 is 9.47 Å². The number of aryl methyl sites for hydroxylation is 1. The molecule has 1 atom stereocenters. The fourth-order valence-electron chi connectivity index (χ4n) is 4.18. The standard InChI is InChI=1S/C21H27ClN2O2/c1-14(12-24-8-3-4-9-24)13-26-20-11-18-16(10-19(20)25-2)21(22)15-6-5-7-17(15)23-18/h10-11,14H,3-9,12-13H2,1-2H3. The van der Waals surface area contributed by atoms with E-state index in [1.54, 1.807) is 7.11 Å². The van der Waals surface area contributed by atoms with Crippen LogP contribution in [0.15, 0.2) is 12.1 Å². The zero-order valence-electron chi connectivity index (χ0n) is 15.7. The Kier molecular flexibility index (Phi) is 5.23. The minimum Gasteiger partial charge on any atom is -0.493 e. The molecule has 2 aliphatic rings. The number of nitrogens with zero attached hydrogens (tertiary/aromatic N) is 2. The van der Waals surface area contributed by atoms with Crippen LogP contribution in [0.1, 0.15) is 37.4 Å². The molecular formula is C21H27ClN2O2. The summed E-state index contributed by atoms with van der Waals surface area (Å²) in [6, 6.07) is 3.96. The lowest BCUT2D eigenvalue weighted by molar-refractivity contribution is 0.201. The molecule has 5 heteroatoms. The Morgan fingerprint density at radius 2 is 1.96 bits per heavy atom. The monoisotopic (exact) mass is 374 g/mol. The number of hydrogen-bond acceptors (Lipinski definition) is 4. The number of hydrogen-bond donors (Lipinski definition) is 0. The molecule has 2 aromatic rings. The lowest BCUT2D eigenvalue weighted by Crippen LogP contribution is -2.28. The first-order valence-electron chi connectivity index (χ1n) is 9.70. The molecule has 0 radical (unpaired) electrons. The average molecular weight is 375 g/mol. The van der Waals surface area contributed by atoms with Gasteiger partial charge in [-0.2, -0.15) is 0 Å². The Morgan fingerprint density at radius 3 is 2.73 bits per heavy atom. The highest BCUT2D eigenvalue weighted by Gasteiger charge is 2.21. The van der Waals surface area contributed by atoms with Crippen molar-refractivity contribution in [2.24, 2.45) is 5.92 Å². The molecule has 1 aromatic heterocycles. The Morgan fingerprint density at radius 1 is 1.15 bits per heavy atom. The van der Waals surface area contributed by atoms with E-state index < -0.39 is 0 Å². The van der Waals surface area contributed by atoms with Gasteiger partial charge in [0.15, 0.2) is 11.5 Å². The van der Waals surface area contributed by atoms with Crippen molar-refractivity contribution in [2.75, 3.05) is 33.4 Å². The molecule has 1 saturated heterocycles. The van der Waals surface area contributed by atoms with Gasteiger partial charge in [-0.3, -0.25) is 4.98 Å². The predicted molar refractivity (Wildman–Crippen MR) is 106 cm³/mol. The number of benzene rings is 1. The van der Waals surface area contributed by atoms with E-state index in [2.05, 4.69) is 11.8 Å². The van der Waals surface area contributed by atoms with Crippen LogP contribution in [0, 0.1) is 5.92 Å². The minimum absolute atomic E-state index is 0.477. The van der Waals surface area contributed by atoms with E-state index in [9.17, 15) is 0 Å². The highest BCUT2D eigenvalue weighted by molar-refractivity contribution is 6.36. The van der Waals surface area contributed by atoms with E-state index in [-0.39, 0.29) is 0 Å². The largest absolute Gasteiger partial charge is 0.493 e. The third-order valence-electron chi connectivity index (χ3n) is 5.52. The van der Waals surface area contributed by atoms with Crippen molar-refractivity contribution < 1.29 is 9.47 Å². The van der Waals surface area contributed by atoms with Crippen molar-refractivity contribution in [3.05, 3.63) is 28.4 Å². The average Bonchev–Trinajstić information content (AvgIpc) is 3.31. The smallest absolute Gasteiger partial charge is 0.163 e. The molecule has 1 unspecified atom stereocenters. The summed E-state index contributed by atoms with van der Waals surface area (Å²) in [5.74, 6) is 1.97. The summed E-state index contributed by atoms with van der Waals surface area (Å²) in [6.45, 7) is 6.45. The molecule has 4 nitrogen and oxygen atoms in total. The zero-order chi connectivity index (χ0) is 18.1. The second-order valence-electron chi connectivity index (χ2n) is 7.65. The first-order valence-corrected chi connectivity index (χ1v) is 10.1. The number of aromatic nitrogens is 1. The number of ether oxygens (including phenoxy) is 2. The topological polar surface area (TPSA) is 34.6 Å². The van der Waals surface area contributed by atoms with Crippen molar-refractivity contribution in [3.63, 3.8) is 0 Å². The third kappa shape index (κ3) is 3.49. The molecule has 1 aliphatic heterocycles. The minimum atomic E-state index is 0.477. The molecule has 0 saturated carbocycles. The fourth-order valence-corrected chi connectivity index (χ4v) is 4.53. The normalized spacial score (nSPS) is 18.3. The molecule has 0 amide bonds. The number of rotatable bonds is 6. The first kappa shape index (κ1) is 17.9. The zero-order valence-corrected chi connectivity index (χ0v) is 16.4. The van der Waals surface area contributed by atoms with Crippen molar-refractivity contribution in [1.29, 1.82) is 0 Å². The lowest BCUT2D eigenvalue weighted by atomic mass is 10.1. The number of fused-ring (bicyclic) bond motifs is 2. The molecule has 0 bridgehead atoms. The van der Waals surface area contributed by atoms with Crippen molar-refractivity contribution in [3.8, 4) is 11.5 Å². The Balaban J connectivity index is 1.55. The summed E-state index contributed by atoms with van der Waals surface area (Å²) in [6.07, 6.45) is 5.81. The first-order chi connectivity index (χ1) is 12.7. The molecule has 1 fully saturated rings. The molecule has 2 heterocycles. The molecule has 140 valence electrons. The van der Waals surface area contributed by atoms with Gasteiger partial charge in [-0.1, -0.05) is 18.5 Å². The number of halogens is 1. The molecular weight excluding hydrogens is 348 g/mol. The molecule has 0 N–H and O–H groups in total. The Hall–Kier alpha value is -1.52. The van der Waals surface area contributed by atoms with E-state index >= 15 is 0 Å². The number of pyridine rings is 1. The maximum Gasteiger partial charge on any atom is 0.163 e. The van der Waals surface area contributed by atoms with Gasteiger partial charge in [0.2, 0.25) is 0 Å². The van der Waals surface area contributed by atoms with Gasteiger partial charge in [-0.25, -0.2) is 0 Å². The molecule has 1 aliphatic carbocycles. The van der Waals surface area contributed by atoms with Gasteiger partial charge in [0.05, 0.1) is 24.3 Å². The molecule has 1 aromatic carbocycles. The second-order valence-corrected chi connectivity index (χ2v) is 8.03. The van der Waals surface area contributed by atoms with Crippen LogP contribution in [0.4, 0.5) is 0 Å². The highest BCUT2D eigenvalue weighted by Crippen LogP contribution is 2.39. The van der Waals surface area contributed by atoms with Crippen LogP contribution in [0.5, 0.6) is 11.5 Å². The van der Waals surface area contributed by atoms with E-state index in [1.165, 1.54) is 31.5 Å². The predicted octanol–water partition coefficient (Wildman–Crippen LogP) is 4.50. The van der Waals surface area contributed by atoms with Gasteiger partial charge in [0.1, 0.15) is 0 Å². The summed E-state index contributed by atoms with van der Waals surface area (Å²) in [7, 11) is 1.68. The summed E-state index contributed by atoms with van der Waals surface area (Å²) in [4.78, 5) is 7.36. The van der Waals surface area contributed by atoms with E-state index in [1.807, 2.05) is 12.1 Å². The number of methoxy groups -OCH3 is 1. The summed E-state index contributed by atoms with van der Waals surface area (Å²) >= 11 is 6.65. The Bertz CT molecular complexity index is 802. The Labute approximate surface area is 160 Å². The van der Waals surface area contributed by atoms with Crippen LogP contribution in [0.25, 0.3) is 10.9 Å². The van der Waals surface area contributed by atoms with Gasteiger partial charge >= 0.3 is 0 Å². The maximum absolute atomic E-state index is 6.65. The van der Waals surface area contributed by atoms with Crippen molar-refractivity contribution in [1.82, 2.24) is 9.88 Å². The van der Waals surface area contributed by atoms with Crippen LogP contribution in [-0.2, 0) is 12.8 Å². The summed E-state index contributed by atoms with van der Waals surface area (Å²) in [5.41, 5.74) is 3.24. The van der Waals surface area contributed by atoms with Gasteiger partial charge < -0.3 is 14.4 Å². The summed E-state index contributed by atoms with van der Waals surface area (Å²) < 4.78 is 11.7. The number of likely N-dealkylation sites (tertiary alicyclic amines) is 1. The van der Waals surface area contributed by atoms with E-state index in [4.69, 9.17) is 26.1 Å². The quantitative estimate of drug-likeness (QED) is 0.745. The van der Waals surface area contributed by atoms with Gasteiger partial charge in [-0.15, -0.1) is 0 Å². The van der Waals surface area contributed by atoms with Gasteiger partial charge in [0, 0.05) is 29.6 Å². The fraction of sp³-hybridized carbons (Fsp3) is 0.571. The van der Waals surface area contributed by atoms with Gasteiger partial charge in [-0.05, 0) is 56.8 Å². The molecule has 4 rings (SSSR count). The van der Waals surface area contributed by atoms with Crippen LogP contribution >= 0.6 is 11.6 Å². The third-order valence-corrected chi connectivity index (χ3v) is 5.95. The van der Waals surface area contributed by atoms with Gasteiger partial charge in [0.25, 0.3) is 0 Å². The van der Waals surface area contributed by atoms with Crippen LogP contribution in [0.3, 0.4) is 0 Å². The second kappa shape index (κ2) is 7.61. The van der Waals surface area contributed by atoms with Crippen molar-refractivity contribution in [2.45, 2.75) is 39.0 Å². The van der Waals surface area contributed by atoms with E-state index in [0.717, 1.165) is 58.9 Å². The molecule has 26 heavy (non-hydrogen) atoms. The highest BCUT2D eigenvalue weighted by atomic mass is 35.5. The van der Waals surface area contributed by atoms with Crippen LogP contribution in [0.2, 0.25) is 5.02 Å².